The van der Waals surface area contributed by atoms with E-state index in [1.54, 1.807) is 0 Å². The average Bonchev–Trinajstić information content (AvgIpc) is 2.09. The topological polar surface area (TPSA) is 9.23 Å². The molecule has 0 spiro atoms. The van der Waals surface area contributed by atoms with Gasteiger partial charge in [-0.2, -0.15) is 0 Å². The molecule has 0 radical (unpaired) electrons. The van der Waals surface area contributed by atoms with Crippen LogP contribution in [0.1, 0.15) is 33.1 Å². The highest BCUT2D eigenvalue weighted by molar-refractivity contribution is 4.91. The van der Waals surface area contributed by atoms with Crippen LogP contribution in [0, 0.1) is 11.8 Å². The Morgan fingerprint density at radius 2 is 2.08 bits per heavy atom. The van der Waals surface area contributed by atoms with E-state index >= 15 is 0 Å². The van der Waals surface area contributed by atoms with Crippen LogP contribution >= 0.6 is 0 Å². The smallest absolute Gasteiger partial charge is 0.0602 e. The summed E-state index contributed by atoms with van der Waals surface area (Å²) in [5.41, 5.74) is 0. The fraction of sp³-hybridized carbons (Fsp3) is 0.818. The molecule has 0 unspecified atom stereocenters. The fourth-order valence-electron chi connectivity index (χ4n) is 2.09. The molecule has 0 amide bonds. The summed E-state index contributed by atoms with van der Waals surface area (Å²) in [6.07, 6.45) is 8.83. The summed E-state index contributed by atoms with van der Waals surface area (Å²) < 4.78 is 5.45. The molecule has 0 heterocycles. The van der Waals surface area contributed by atoms with Gasteiger partial charge in [0.2, 0.25) is 0 Å². The van der Waals surface area contributed by atoms with E-state index in [2.05, 4.69) is 26.0 Å². The molecule has 0 aromatic heterocycles. The summed E-state index contributed by atoms with van der Waals surface area (Å²) in [5, 5.41) is 0. The summed E-state index contributed by atoms with van der Waals surface area (Å²) in [7, 11) is 1.83. The lowest BCUT2D eigenvalue weighted by Gasteiger charge is -2.31. The van der Waals surface area contributed by atoms with Gasteiger partial charge in [0.1, 0.15) is 0 Å². The maximum Gasteiger partial charge on any atom is 0.0602 e. The van der Waals surface area contributed by atoms with Crippen molar-refractivity contribution in [1.29, 1.82) is 0 Å². The molecule has 1 aliphatic rings. The molecule has 70 valence electrons. The Balaban J connectivity index is 2.43. The number of allylic oxidation sites excluding steroid dienone is 2. The van der Waals surface area contributed by atoms with Crippen LogP contribution in [0.3, 0.4) is 0 Å². The van der Waals surface area contributed by atoms with E-state index < -0.39 is 0 Å². The van der Waals surface area contributed by atoms with Crippen LogP contribution in [0.5, 0.6) is 0 Å². The van der Waals surface area contributed by atoms with Gasteiger partial charge in [0.15, 0.2) is 0 Å². The van der Waals surface area contributed by atoms with Gasteiger partial charge in [-0.05, 0) is 38.0 Å². The Morgan fingerprint density at radius 3 is 2.67 bits per heavy atom. The van der Waals surface area contributed by atoms with Gasteiger partial charge >= 0.3 is 0 Å². The molecule has 1 fully saturated rings. The molecule has 1 rings (SSSR count). The second kappa shape index (κ2) is 4.66. The van der Waals surface area contributed by atoms with E-state index in [0.717, 1.165) is 11.8 Å². The highest BCUT2D eigenvalue weighted by atomic mass is 16.5. The Labute approximate surface area is 75.8 Å². The molecule has 0 saturated heterocycles. The lowest BCUT2D eigenvalue weighted by Crippen LogP contribution is -2.28. The summed E-state index contributed by atoms with van der Waals surface area (Å²) in [6.45, 7) is 4.39. The first-order valence-corrected chi connectivity index (χ1v) is 4.93. The largest absolute Gasteiger partial charge is 0.381 e. The highest BCUT2D eigenvalue weighted by Gasteiger charge is 2.25. The first-order chi connectivity index (χ1) is 5.77. The lowest BCUT2D eigenvalue weighted by atomic mass is 9.80. The molecule has 0 aromatic carbocycles. The predicted octanol–water partition coefficient (Wildman–Crippen LogP) is 3.01. The highest BCUT2D eigenvalue weighted by Crippen LogP contribution is 2.31. The zero-order valence-electron chi connectivity index (χ0n) is 8.42. The van der Waals surface area contributed by atoms with Gasteiger partial charge in [-0.15, -0.1) is 0 Å². The first-order valence-electron chi connectivity index (χ1n) is 4.93. The standard InChI is InChI=1S/C11H20O/c1-4-5-10-7-6-9(2)11(8-10)12-3/h4-5,9-11H,6-8H2,1-3H3/b5-4-/t9-,10+,11+/m0/s1. The molecule has 1 saturated carbocycles. The van der Waals surface area contributed by atoms with Crippen molar-refractivity contribution in [3.63, 3.8) is 0 Å². The van der Waals surface area contributed by atoms with Crippen molar-refractivity contribution in [1.82, 2.24) is 0 Å². The normalized spacial score (nSPS) is 37.4. The molecule has 0 aliphatic heterocycles. The quantitative estimate of drug-likeness (QED) is 0.576. The van der Waals surface area contributed by atoms with E-state index in [9.17, 15) is 0 Å². The summed E-state index contributed by atoms with van der Waals surface area (Å²) in [4.78, 5) is 0. The third-order valence-corrected chi connectivity index (χ3v) is 2.93. The van der Waals surface area contributed by atoms with Crippen LogP contribution in [-0.2, 0) is 4.74 Å². The average molecular weight is 168 g/mol. The summed E-state index contributed by atoms with van der Waals surface area (Å²) in [5.74, 6) is 1.51. The number of methoxy groups -OCH3 is 1. The van der Waals surface area contributed by atoms with Crippen molar-refractivity contribution >= 4 is 0 Å². The summed E-state index contributed by atoms with van der Waals surface area (Å²) >= 11 is 0. The van der Waals surface area contributed by atoms with Gasteiger partial charge in [-0.25, -0.2) is 0 Å². The predicted molar refractivity (Wildman–Crippen MR) is 52.1 cm³/mol. The van der Waals surface area contributed by atoms with Gasteiger partial charge in [-0.1, -0.05) is 19.1 Å². The molecule has 1 nitrogen and oxygen atoms in total. The number of hydrogen-bond donors (Lipinski definition) is 0. The van der Waals surface area contributed by atoms with Crippen molar-refractivity contribution in [2.45, 2.75) is 39.2 Å². The van der Waals surface area contributed by atoms with E-state index in [-0.39, 0.29) is 0 Å². The molecule has 3 atom stereocenters. The van der Waals surface area contributed by atoms with E-state index in [1.165, 1.54) is 19.3 Å². The Morgan fingerprint density at radius 1 is 1.33 bits per heavy atom. The van der Waals surface area contributed by atoms with Crippen molar-refractivity contribution in [3.05, 3.63) is 12.2 Å². The number of ether oxygens (including phenoxy) is 1. The van der Waals surface area contributed by atoms with Gasteiger partial charge in [-0.3, -0.25) is 0 Å². The van der Waals surface area contributed by atoms with Crippen LogP contribution < -0.4 is 0 Å². The molecule has 0 aromatic rings. The maximum absolute atomic E-state index is 5.45. The Hall–Kier alpha value is -0.300. The van der Waals surface area contributed by atoms with Crippen molar-refractivity contribution < 1.29 is 4.74 Å². The third-order valence-electron chi connectivity index (χ3n) is 2.93. The minimum absolute atomic E-state index is 0.486. The Kier molecular flexibility index (Phi) is 3.80. The van der Waals surface area contributed by atoms with E-state index in [4.69, 9.17) is 4.74 Å². The van der Waals surface area contributed by atoms with Crippen LogP contribution in [0.2, 0.25) is 0 Å². The fourth-order valence-corrected chi connectivity index (χ4v) is 2.09. The van der Waals surface area contributed by atoms with E-state index in [1.807, 2.05) is 7.11 Å². The van der Waals surface area contributed by atoms with Crippen molar-refractivity contribution in [2.75, 3.05) is 7.11 Å². The molecule has 0 bridgehead atoms. The number of hydrogen-bond acceptors (Lipinski definition) is 1. The van der Waals surface area contributed by atoms with Crippen LogP contribution in [-0.4, -0.2) is 13.2 Å². The van der Waals surface area contributed by atoms with Gasteiger partial charge < -0.3 is 4.74 Å². The summed E-state index contributed by atoms with van der Waals surface area (Å²) in [6, 6.07) is 0. The van der Waals surface area contributed by atoms with Gasteiger partial charge in [0.05, 0.1) is 6.10 Å². The molecular formula is C11H20O. The molecule has 1 aliphatic carbocycles. The first kappa shape index (κ1) is 9.79. The zero-order valence-corrected chi connectivity index (χ0v) is 8.42. The molecule has 12 heavy (non-hydrogen) atoms. The van der Waals surface area contributed by atoms with Gasteiger partial charge in [0, 0.05) is 7.11 Å². The third kappa shape index (κ3) is 2.34. The zero-order chi connectivity index (χ0) is 8.97. The minimum atomic E-state index is 0.486. The Bertz CT molecular complexity index is 151. The van der Waals surface area contributed by atoms with Crippen molar-refractivity contribution in [2.24, 2.45) is 11.8 Å². The molecule has 1 heteroatoms. The van der Waals surface area contributed by atoms with Crippen LogP contribution in [0.15, 0.2) is 12.2 Å². The van der Waals surface area contributed by atoms with Crippen LogP contribution in [0.25, 0.3) is 0 Å². The van der Waals surface area contributed by atoms with Crippen molar-refractivity contribution in [3.8, 4) is 0 Å². The van der Waals surface area contributed by atoms with Crippen LogP contribution in [0.4, 0.5) is 0 Å². The second-order valence-corrected chi connectivity index (χ2v) is 3.85. The monoisotopic (exact) mass is 168 g/mol. The minimum Gasteiger partial charge on any atom is -0.381 e. The SMILES string of the molecule is C/C=C\[C@@H]1CC[C@H](C)[C@H](OC)C1. The van der Waals surface area contributed by atoms with E-state index in [0.29, 0.717) is 6.10 Å². The molecular weight excluding hydrogens is 148 g/mol. The lowest BCUT2D eigenvalue weighted by molar-refractivity contribution is 0.0192. The second-order valence-electron chi connectivity index (χ2n) is 3.85. The number of rotatable bonds is 2. The maximum atomic E-state index is 5.45. The molecule has 0 N–H and O–H groups in total. The van der Waals surface area contributed by atoms with Gasteiger partial charge in [0.25, 0.3) is 0 Å².